The number of thioether (sulfide) groups is 1. The smallest absolute Gasteiger partial charge is 0.268 e. The second-order valence-electron chi connectivity index (χ2n) is 5.94. The van der Waals surface area contributed by atoms with Crippen LogP contribution in [0.25, 0.3) is 6.08 Å². The van der Waals surface area contributed by atoms with Crippen LogP contribution in [0.3, 0.4) is 0 Å². The van der Waals surface area contributed by atoms with E-state index >= 15 is 0 Å². The molecule has 25 heavy (non-hydrogen) atoms. The van der Waals surface area contributed by atoms with Crippen molar-refractivity contribution >= 4 is 73.5 Å². The molecule has 0 spiro atoms. The molecule has 2 aromatic rings. The van der Waals surface area contributed by atoms with Gasteiger partial charge < -0.3 is 0 Å². The number of hydrogen-bond acceptors (Lipinski definition) is 3. The molecule has 0 atom stereocenters. The lowest BCUT2D eigenvalue weighted by Crippen LogP contribution is -2.27. The van der Waals surface area contributed by atoms with E-state index in [1.165, 1.54) is 22.2 Å². The van der Waals surface area contributed by atoms with Gasteiger partial charge in [-0.3, -0.25) is 9.69 Å². The zero-order chi connectivity index (χ0) is 18.1. The molecule has 0 aliphatic carbocycles. The van der Waals surface area contributed by atoms with Crippen molar-refractivity contribution in [2.75, 3.05) is 4.90 Å². The number of rotatable bonds is 3. The maximum absolute atomic E-state index is 12.8. The normalized spacial score (nSPS) is 16.4. The molecular formula is C19H15BrClNOS2. The fourth-order valence-electron chi connectivity index (χ4n) is 2.44. The largest absolute Gasteiger partial charge is 0.270 e. The fourth-order valence-corrected chi connectivity index (χ4v) is 4.16. The Morgan fingerprint density at radius 3 is 2.48 bits per heavy atom. The standard InChI is InChI=1S/C19H15BrClNOS2/c1-11(2)13-5-3-12(4-6-13)9-17-18(23)22(19(24)25-17)14-7-8-15(20)16(21)10-14/h3-11H,1-2H3/b17-9+. The summed E-state index contributed by atoms with van der Waals surface area (Å²) in [5, 5.41) is 0.541. The summed E-state index contributed by atoms with van der Waals surface area (Å²) < 4.78 is 1.29. The summed E-state index contributed by atoms with van der Waals surface area (Å²) in [6.07, 6.45) is 1.88. The minimum atomic E-state index is -0.124. The van der Waals surface area contributed by atoms with Crippen molar-refractivity contribution in [1.82, 2.24) is 0 Å². The fraction of sp³-hybridized carbons (Fsp3) is 0.158. The number of benzene rings is 2. The molecule has 1 amide bonds. The van der Waals surface area contributed by atoms with Gasteiger partial charge in [0.05, 0.1) is 15.6 Å². The van der Waals surface area contributed by atoms with Crippen LogP contribution in [-0.2, 0) is 4.79 Å². The topological polar surface area (TPSA) is 20.3 Å². The van der Waals surface area contributed by atoms with Crippen LogP contribution in [0.1, 0.15) is 30.9 Å². The first-order chi connectivity index (χ1) is 11.9. The molecule has 6 heteroatoms. The molecular weight excluding hydrogens is 438 g/mol. The monoisotopic (exact) mass is 451 g/mol. The van der Waals surface area contributed by atoms with Gasteiger partial charge in [-0.1, -0.05) is 73.7 Å². The van der Waals surface area contributed by atoms with E-state index in [4.69, 9.17) is 23.8 Å². The zero-order valence-electron chi connectivity index (χ0n) is 13.6. The van der Waals surface area contributed by atoms with E-state index in [0.717, 1.165) is 10.0 Å². The number of carbonyl (C=O) groups is 1. The number of nitrogens with zero attached hydrogens (tertiary/aromatic N) is 1. The van der Waals surface area contributed by atoms with Crippen LogP contribution in [0.2, 0.25) is 5.02 Å². The zero-order valence-corrected chi connectivity index (χ0v) is 17.6. The number of thiocarbonyl (C=S) groups is 1. The number of anilines is 1. The summed E-state index contributed by atoms with van der Waals surface area (Å²) in [5.41, 5.74) is 2.93. The molecule has 0 aromatic heterocycles. The van der Waals surface area contributed by atoms with Gasteiger partial charge >= 0.3 is 0 Å². The second-order valence-corrected chi connectivity index (χ2v) is 8.87. The minimum absolute atomic E-state index is 0.124. The minimum Gasteiger partial charge on any atom is -0.268 e. The molecule has 0 radical (unpaired) electrons. The third kappa shape index (κ3) is 4.00. The molecule has 128 valence electrons. The maximum Gasteiger partial charge on any atom is 0.270 e. The maximum atomic E-state index is 12.8. The Labute approximate surface area is 170 Å². The van der Waals surface area contributed by atoms with Gasteiger partial charge in [0.25, 0.3) is 5.91 Å². The van der Waals surface area contributed by atoms with Crippen molar-refractivity contribution in [3.05, 3.63) is 68.0 Å². The van der Waals surface area contributed by atoms with E-state index in [1.54, 1.807) is 6.07 Å². The molecule has 0 saturated carbocycles. The first-order valence-electron chi connectivity index (χ1n) is 7.70. The highest BCUT2D eigenvalue weighted by molar-refractivity contribution is 9.10. The Hall–Kier alpha value is -1.14. The summed E-state index contributed by atoms with van der Waals surface area (Å²) in [6, 6.07) is 13.6. The highest BCUT2D eigenvalue weighted by Crippen LogP contribution is 2.38. The summed E-state index contributed by atoms with van der Waals surface area (Å²) in [5.74, 6) is 0.357. The Balaban J connectivity index is 1.88. The van der Waals surface area contributed by atoms with E-state index in [2.05, 4.69) is 41.9 Å². The highest BCUT2D eigenvalue weighted by atomic mass is 79.9. The van der Waals surface area contributed by atoms with Crippen LogP contribution in [0.4, 0.5) is 5.69 Å². The summed E-state index contributed by atoms with van der Waals surface area (Å²) in [4.78, 5) is 14.9. The number of carbonyl (C=O) groups excluding carboxylic acids is 1. The number of halogens is 2. The summed E-state index contributed by atoms with van der Waals surface area (Å²) in [7, 11) is 0. The Morgan fingerprint density at radius 1 is 1.20 bits per heavy atom. The van der Waals surface area contributed by atoms with Crippen LogP contribution in [-0.4, -0.2) is 10.2 Å². The molecule has 3 rings (SSSR count). The van der Waals surface area contributed by atoms with E-state index in [0.29, 0.717) is 25.9 Å². The molecule has 2 aromatic carbocycles. The third-order valence-corrected chi connectivity index (χ3v) is 6.39. The van der Waals surface area contributed by atoms with Gasteiger partial charge in [0, 0.05) is 4.47 Å². The molecule has 0 unspecified atom stereocenters. The van der Waals surface area contributed by atoms with Gasteiger partial charge in [0.1, 0.15) is 0 Å². The van der Waals surface area contributed by atoms with Gasteiger partial charge in [-0.05, 0) is 57.2 Å². The van der Waals surface area contributed by atoms with Crippen molar-refractivity contribution in [3.8, 4) is 0 Å². The van der Waals surface area contributed by atoms with Gasteiger partial charge in [0.15, 0.2) is 4.32 Å². The Morgan fingerprint density at radius 2 is 1.88 bits per heavy atom. The lowest BCUT2D eigenvalue weighted by Gasteiger charge is -2.15. The third-order valence-electron chi connectivity index (χ3n) is 3.86. The first kappa shape index (κ1) is 18.6. The Bertz CT molecular complexity index is 877. The van der Waals surface area contributed by atoms with Crippen LogP contribution in [0, 0.1) is 0 Å². The number of hydrogen-bond donors (Lipinski definition) is 0. The molecule has 0 bridgehead atoms. The van der Waals surface area contributed by atoms with Crippen LogP contribution >= 0.6 is 51.5 Å². The predicted octanol–water partition coefficient (Wildman–Crippen LogP) is 6.63. The molecule has 1 fully saturated rings. The van der Waals surface area contributed by atoms with Crippen molar-refractivity contribution in [2.24, 2.45) is 0 Å². The number of amides is 1. The summed E-state index contributed by atoms with van der Waals surface area (Å²) in [6.45, 7) is 4.31. The SMILES string of the molecule is CC(C)c1ccc(/C=C2/SC(=S)N(c3ccc(Br)c(Cl)c3)C2=O)cc1. The average molecular weight is 453 g/mol. The predicted molar refractivity (Wildman–Crippen MR) is 115 cm³/mol. The van der Waals surface area contributed by atoms with E-state index < -0.39 is 0 Å². The quantitative estimate of drug-likeness (QED) is 0.385. The van der Waals surface area contributed by atoms with Gasteiger partial charge in [-0.2, -0.15) is 0 Å². The highest BCUT2D eigenvalue weighted by Gasteiger charge is 2.33. The molecule has 1 heterocycles. The molecule has 1 aliphatic rings. The van der Waals surface area contributed by atoms with Crippen molar-refractivity contribution in [3.63, 3.8) is 0 Å². The van der Waals surface area contributed by atoms with Crippen molar-refractivity contribution in [2.45, 2.75) is 19.8 Å². The van der Waals surface area contributed by atoms with Crippen LogP contribution in [0.15, 0.2) is 51.8 Å². The lowest BCUT2D eigenvalue weighted by molar-refractivity contribution is -0.113. The van der Waals surface area contributed by atoms with Crippen LogP contribution in [0.5, 0.6) is 0 Å². The van der Waals surface area contributed by atoms with E-state index in [-0.39, 0.29) is 5.91 Å². The van der Waals surface area contributed by atoms with Crippen molar-refractivity contribution in [1.29, 1.82) is 0 Å². The summed E-state index contributed by atoms with van der Waals surface area (Å²) >= 11 is 16.2. The lowest BCUT2D eigenvalue weighted by atomic mass is 10.0. The Kier molecular flexibility index (Phi) is 5.68. The van der Waals surface area contributed by atoms with Gasteiger partial charge in [-0.15, -0.1) is 0 Å². The second kappa shape index (κ2) is 7.62. The molecule has 2 nitrogen and oxygen atoms in total. The van der Waals surface area contributed by atoms with E-state index in [9.17, 15) is 4.79 Å². The molecule has 1 saturated heterocycles. The van der Waals surface area contributed by atoms with Crippen LogP contribution < -0.4 is 4.90 Å². The first-order valence-corrected chi connectivity index (χ1v) is 10.1. The van der Waals surface area contributed by atoms with Gasteiger partial charge in [-0.25, -0.2) is 0 Å². The average Bonchev–Trinajstić information content (AvgIpc) is 2.85. The molecule has 0 N–H and O–H groups in total. The van der Waals surface area contributed by atoms with E-state index in [1.807, 2.05) is 30.3 Å². The molecule has 1 aliphatic heterocycles. The van der Waals surface area contributed by atoms with Gasteiger partial charge in [0.2, 0.25) is 0 Å². The van der Waals surface area contributed by atoms with Crippen molar-refractivity contribution < 1.29 is 4.79 Å².